The Morgan fingerprint density at radius 2 is 1.79 bits per heavy atom. The second-order valence-corrected chi connectivity index (χ2v) is 4.64. The zero-order chi connectivity index (χ0) is 14.3. The fourth-order valence-corrected chi connectivity index (χ4v) is 2.11. The van der Waals surface area contributed by atoms with Crippen LogP contribution in [0.1, 0.15) is 46.0 Å². The fourth-order valence-electron chi connectivity index (χ4n) is 2.11. The van der Waals surface area contributed by atoms with Crippen molar-refractivity contribution in [1.82, 2.24) is 0 Å². The van der Waals surface area contributed by atoms with Crippen molar-refractivity contribution < 1.29 is 23.0 Å². The second-order valence-electron chi connectivity index (χ2n) is 4.64. The number of carbonyl (C=O) groups excluding carboxylic acids is 1. The number of hydrogen-bond donors (Lipinski definition) is 0. The smallest absolute Gasteiger partial charge is 0.436 e. The van der Waals surface area contributed by atoms with Crippen LogP contribution in [0.5, 0.6) is 0 Å². The molecule has 1 fully saturated rings. The third-order valence-corrected chi connectivity index (χ3v) is 3.09. The molecule has 4 nitrogen and oxygen atoms in total. The summed E-state index contributed by atoms with van der Waals surface area (Å²) in [6.07, 6.45) is 0.395. The number of hydrogen-bond acceptors (Lipinski definition) is 3. The van der Waals surface area contributed by atoms with Gasteiger partial charge in [-0.2, -0.15) is 0 Å². The minimum absolute atomic E-state index is 0.0966. The number of carbonyl (C=O) groups is 1. The summed E-state index contributed by atoms with van der Waals surface area (Å²) >= 11 is 0. The molecule has 110 valence electrons. The lowest BCUT2D eigenvalue weighted by molar-refractivity contribution is -0.0454. The van der Waals surface area contributed by atoms with Crippen LogP contribution in [-0.4, -0.2) is 31.1 Å². The summed E-state index contributed by atoms with van der Waals surface area (Å²) in [5.74, 6) is -2.16. The van der Waals surface area contributed by atoms with E-state index in [0.717, 1.165) is 0 Å². The molecule has 1 amide bonds. The average Bonchev–Trinajstić information content (AvgIpc) is 2.32. The van der Waals surface area contributed by atoms with Gasteiger partial charge in [0.2, 0.25) is 5.92 Å². The number of ether oxygens (including phenoxy) is 2. The minimum Gasteiger partial charge on any atom is -0.481 e. The van der Waals surface area contributed by atoms with Gasteiger partial charge in [0.1, 0.15) is 0 Å². The molecule has 1 aliphatic rings. The first-order chi connectivity index (χ1) is 8.96. The molecule has 19 heavy (non-hydrogen) atoms. The van der Waals surface area contributed by atoms with E-state index in [1.54, 1.807) is 13.8 Å². The van der Waals surface area contributed by atoms with Crippen LogP contribution in [0, 0.1) is 5.92 Å². The Labute approximate surface area is 112 Å². The van der Waals surface area contributed by atoms with E-state index in [0.29, 0.717) is 25.9 Å². The highest BCUT2D eigenvalue weighted by Gasteiger charge is 2.35. The molecule has 0 atom stereocenters. The summed E-state index contributed by atoms with van der Waals surface area (Å²) < 4.78 is 36.1. The molecule has 0 heterocycles. The minimum atomic E-state index is -2.54. The lowest BCUT2D eigenvalue weighted by Gasteiger charge is -2.28. The molecule has 1 aliphatic carbocycles. The third kappa shape index (κ3) is 5.98. The van der Waals surface area contributed by atoms with Crippen LogP contribution in [0.4, 0.5) is 13.6 Å². The Balaban J connectivity index is 2.52. The van der Waals surface area contributed by atoms with Gasteiger partial charge < -0.3 is 9.47 Å². The van der Waals surface area contributed by atoms with Gasteiger partial charge in [-0.1, -0.05) is 0 Å². The highest BCUT2D eigenvalue weighted by Crippen LogP contribution is 2.37. The largest absolute Gasteiger partial charge is 0.481 e. The van der Waals surface area contributed by atoms with Gasteiger partial charge in [0.25, 0.3) is 0 Å². The predicted octanol–water partition coefficient (Wildman–Crippen LogP) is 3.79. The quantitative estimate of drug-likeness (QED) is 0.580. The molecule has 0 bridgehead atoms. The van der Waals surface area contributed by atoms with E-state index in [4.69, 9.17) is 9.47 Å². The van der Waals surface area contributed by atoms with E-state index in [9.17, 15) is 13.6 Å². The number of rotatable bonds is 4. The maximum atomic E-state index is 13.0. The van der Waals surface area contributed by atoms with Gasteiger partial charge in [0.05, 0.1) is 13.2 Å². The lowest BCUT2D eigenvalue weighted by Crippen LogP contribution is -2.26. The zero-order valence-electron chi connectivity index (χ0n) is 11.5. The van der Waals surface area contributed by atoms with Gasteiger partial charge in [-0.05, 0) is 32.6 Å². The highest BCUT2D eigenvalue weighted by atomic mass is 19.3. The summed E-state index contributed by atoms with van der Waals surface area (Å²) in [4.78, 5) is 15.0. The molecule has 1 saturated carbocycles. The van der Waals surface area contributed by atoms with Gasteiger partial charge in [0, 0.05) is 19.3 Å². The van der Waals surface area contributed by atoms with E-state index in [1.165, 1.54) is 0 Å². The molecule has 0 spiro atoms. The van der Waals surface area contributed by atoms with Crippen LogP contribution in [0.2, 0.25) is 0 Å². The van der Waals surface area contributed by atoms with Crippen LogP contribution < -0.4 is 0 Å². The van der Waals surface area contributed by atoms with E-state index < -0.39 is 12.0 Å². The number of aliphatic imine (C=N–C) groups is 1. The van der Waals surface area contributed by atoms with E-state index in [1.807, 2.05) is 0 Å². The second kappa shape index (κ2) is 7.40. The van der Waals surface area contributed by atoms with Crippen LogP contribution in [0.15, 0.2) is 4.99 Å². The Bertz CT molecular complexity index is 322. The van der Waals surface area contributed by atoms with Gasteiger partial charge in [-0.15, -0.1) is 4.99 Å². The van der Waals surface area contributed by atoms with Crippen LogP contribution >= 0.6 is 0 Å². The Hall–Kier alpha value is -1.20. The molecule has 0 unspecified atom stereocenters. The first-order valence-corrected chi connectivity index (χ1v) is 6.71. The molecule has 1 rings (SSSR count). The van der Waals surface area contributed by atoms with Gasteiger partial charge in [-0.3, -0.25) is 0 Å². The van der Waals surface area contributed by atoms with E-state index >= 15 is 0 Å². The summed E-state index contributed by atoms with van der Waals surface area (Å²) in [5, 5.41) is 0. The van der Waals surface area contributed by atoms with Crippen molar-refractivity contribution in [2.75, 3.05) is 13.2 Å². The highest BCUT2D eigenvalue weighted by molar-refractivity contribution is 5.88. The molecule has 0 aromatic rings. The first kappa shape index (κ1) is 15.9. The van der Waals surface area contributed by atoms with Crippen molar-refractivity contribution in [3.8, 4) is 0 Å². The van der Waals surface area contributed by atoms with Crippen molar-refractivity contribution in [2.24, 2.45) is 10.9 Å². The number of nitrogens with zero attached hydrogens (tertiary/aromatic N) is 1. The third-order valence-electron chi connectivity index (χ3n) is 3.09. The zero-order valence-corrected chi connectivity index (χ0v) is 11.5. The number of halogens is 2. The van der Waals surface area contributed by atoms with E-state index in [2.05, 4.69) is 4.99 Å². The standard InChI is InChI=1S/C13H21F2NO3/c1-3-18-11(16-12(17)19-4-2)9-10-5-7-13(14,15)8-6-10/h10H,3-9H2,1-2H3. The summed E-state index contributed by atoms with van der Waals surface area (Å²) in [5.41, 5.74) is 0. The molecule has 6 heteroatoms. The number of alkyl halides is 2. The fraction of sp³-hybridized carbons (Fsp3) is 0.846. The van der Waals surface area contributed by atoms with E-state index in [-0.39, 0.29) is 31.3 Å². The number of amides is 1. The predicted molar refractivity (Wildman–Crippen MR) is 67.6 cm³/mol. The molecule has 0 aromatic carbocycles. The maximum Gasteiger partial charge on any atom is 0.436 e. The molecule has 0 saturated heterocycles. The van der Waals surface area contributed by atoms with Crippen LogP contribution in [0.25, 0.3) is 0 Å². The average molecular weight is 277 g/mol. The summed E-state index contributed by atoms with van der Waals surface area (Å²) in [6.45, 7) is 4.12. The Morgan fingerprint density at radius 1 is 1.21 bits per heavy atom. The Morgan fingerprint density at radius 3 is 2.32 bits per heavy atom. The lowest BCUT2D eigenvalue weighted by atomic mass is 9.85. The molecular weight excluding hydrogens is 256 g/mol. The van der Waals surface area contributed by atoms with Crippen molar-refractivity contribution in [3.63, 3.8) is 0 Å². The molecule has 0 aliphatic heterocycles. The van der Waals surface area contributed by atoms with Crippen molar-refractivity contribution >= 4 is 12.0 Å². The maximum absolute atomic E-state index is 13.0. The van der Waals surface area contributed by atoms with Crippen molar-refractivity contribution in [1.29, 1.82) is 0 Å². The normalized spacial score (nSPS) is 20.1. The summed E-state index contributed by atoms with van der Waals surface area (Å²) in [6, 6.07) is 0. The van der Waals surface area contributed by atoms with Crippen molar-refractivity contribution in [2.45, 2.75) is 51.9 Å². The molecule has 0 radical (unpaired) electrons. The Kier molecular flexibility index (Phi) is 6.18. The van der Waals surface area contributed by atoms with Gasteiger partial charge in [-0.25, -0.2) is 13.6 Å². The molecule has 0 aromatic heterocycles. The summed E-state index contributed by atoms with van der Waals surface area (Å²) in [7, 11) is 0. The SMILES string of the molecule is CCOC(=O)N=C(CC1CCC(F)(F)CC1)OCC. The van der Waals surface area contributed by atoms with Crippen molar-refractivity contribution in [3.05, 3.63) is 0 Å². The van der Waals surface area contributed by atoms with Crippen LogP contribution in [-0.2, 0) is 9.47 Å². The first-order valence-electron chi connectivity index (χ1n) is 6.71. The molecular formula is C13H21F2NO3. The topological polar surface area (TPSA) is 47.9 Å². The van der Waals surface area contributed by atoms with Gasteiger partial charge >= 0.3 is 6.09 Å². The van der Waals surface area contributed by atoms with Crippen LogP contribution in [0.3, 0.4) is 0 Å². The monoisotopic (exact) mass is 277 g/mol. The van der Waals surface area contributed by atoms with Gasteiger partial charge in [0.15, 0.2) is 5.90 Å². The molecule has 0 N–H and O–H groups in total.